The summed E-state index contributed by atoms with van der Waals surface area (Å²) >= 11 is 1.44. The van der Waals surface area contributed by atoms with Crippen molar-refractivity contribution in [3.8, 4) is 0 Å². The number of hydrogen-bond donors (Lipinski definition) is 0. The van der Waals surface area contributed by atoms with Gasteiger partial charge in [0.2, 0.25) is 0 Å². The summed E-state index contributed by atoms with van der Waals surface area (Å²) in [7, 11) is 0. The van der Waals surface area contributed by atoms with Gasteiger partial charge in [-0.2, -0.15) is 0 Å². The van der Waals surface area contributed by atoms with Crippen LogP contribution < -0.4 is 24.0 Å². The topological polar surface area (TPSA) is 29.5 Å². The Labute approximate surface area is 143 Å². The molecule has 5 heteroatoms. The van der Waals surface area contributed by atoms with Crippen LogP contribution in [0.4, 0.5) is 4.79 Å². The van der Waals surface area contributed by atoms with Crippen LogP contribution in [0.5, 0.6) is 0 Å². The van der Waals surface area contributed by atoms with Crippen molar-refractivity contribution in [3.63, 3.8) is 0 Å². The number of ether oxygens (including phenoxy) is 1. The molecule has 0 aromatic carbocycles. The zero-order valence-corrected chi connectivity index (χ0v) is 17.5. The van der Waals surface area contributed by atoms with Gasteiger partial charge < -0.3 is 24.0 Å². The Morgan fingerprint density at radius 2 is 1.84 bits per heavy atom. The van der Waals surface area contributed by atoms with Gasteiger partial charge in [0.05, 0.1) is 0 Å². The number of halogens is 1. The van der Waals surface area contributed by atoms with Gasteiger partial charge in [-0.15, -0.1) is 0 Å². The first kappa shape index (κ1) is 17.7. The van der Waals surface area contributed by atoms with Crippen LogP contribution in [-0.4, -0.2) is 29.7 Å². The SMILES string of the molecule is CC(C)(C)OC(=O)N1CCC2(CC[CH]([Zn+])CC2)C1.[I-]. The molecule has 19 heavy (non-hydrogen) atoms. The molecule has 1 saturated heterocycles. The van der Waals surface area contributed by atoms with E-state index < -0.39 is 0 Å². The minimum Gasteiger partial charge on any atom is -1.00 e. The van der Waals surface area contributed by atoms with Crippen molar-refractivity contribution in [3.05, 3.63) is 0 Å². The molecule has 1 spiro atoms. The molecule has 0 N–H and O–H groups in total. The van der Waals surface area contributed by atoms with Gasteiger partial charge in [-0.1, -0.05) is 0 Å². The maximum Gasteiger partial charge on any atom is -1.00 e. The quantitative estimate of drug-likeness (QED) is 0.414. The number of nitrogens with zero attached hydrogens (tertiary/aromatic N) is 1. The van der Waals surface area contributed by atoms with Crippen molar-refractivity contribution >= 4 is 6.09 Å². The monoisotopic (exact) mass is 429 g/mol. The number of carbonyl (C=O) groups excluding carboxylic acids is 1. The Morgan fingerprint density at radius 3 is 2.37 bits per heavy atom. The molecule has 0 radical (unpaired) electrons. The van der Waals surface area contributed by atoms with Gasteiger partial charge in [-0.05, 0) is 0 Å². The Morgan fingerprint density at radius 1 is 1.26 bits per heavy atom. The molecule has 2 rings (SSSR count). The number of rotatable bonds is 0. The molecule has 2 aliphatic rings. The first-order chi connectivity index (χ1) is 8.30. The third-order valence-electron chi connectivity index (χ3n) is 4.26. The summed E-state index contributed by atoms with van der Waals surface area (Å²) in [6.45, 7) is 7.61. The van der Waals surface area contributed by atoms with Crippen molar-refractivity contribution in [2.45, 2.75) is 63.0 Å². The van der Waals surface area contributed by atoms with E-state index in [2.05, 4.69) is 0 Å². The predicted molar refractivity (Wildman–Crippen MR) is 67.1 cm³/mol. The molecule has 0 unspecified atom stereocenters. The normalized spacial score (nSPS) is 31.2. The third kappa shape index (κ3) is 4.84. The van der Waals surface area contributed by atoms with Crippen molar-refractivity contribution in [1.29, 1.82) is 0 Å². The van der Waals surface area contributed by atoms with Crippen LogP contribution >= 0.6 is 0 Å². The molecule has 1 amide bonds. The standard InChI is InChI=1S/C14H24NO2.HI.Zn/c1-13(2,3)17-12(16)15-10-9-14(11-15)7-5-4-6-8-14;;/h4H,5-11H2,1-3H3;1H;/q;;+1/p-1. The molecule has 0 bridgehead atoms. The summed E-state index contributed by atoms with van der Waals surface area (Å²) in [6, 6.07) is 0. The maximum atomic E-state index is 12.1. The van der Waals surface area contributed by atoms with Gasteiger partial charge >= 0.3 is 120 Å². The number of likely N-dealkylation sites (tertiary alicyclic amines) is 1. The van der Waals surface area contributed by atoms with E-state index in [1.54, 1.807) is 0 Å². The van der Waals surface area contributed by atoms with Crippen LogP contribution in [0, 0.1) is 5.41 Å². The van der Waals surface area contributed by atoms with E-state index in [1.165, 1.54) is 50.4 Å². The van der Waals surface area contributed by atoms with E-state index >= 15 is 0 Å². The van der Waals surface area contributed by atoms with Gasteiger partial charge in [-0.25, -0.2) is 0 Å². The van der Waals surface area contributed by atoms with Crippen molar-refractivity contribution < 1.29 is 51.8 Å². The third-order valence-corrected chi connectivity index (χ3v) is 5.97. The van der Waals surface area contributed by atoms with Crippen molar-refractivity contribution in [1.82, 2.24) is 4.90 Å². The number of carbonyl (C=O) groups is 1. The van der Waals surface area contributed by atoms with Crippen LogP contribution in [0.1, 0.15) is 52.9 Å². The molecular formula is C14H24INO2Zn. The molecule has 1 saturated carbocycles. The fourth-order valence-corrected chi connectivity index (χ4v) is 3.97. The smallest absolute Gasteiger partial charge is 1.00 e. The fraction of sp³-hybridized carbons (Fsp3) is 0.929. The van der Waals surface area contributed by atoms with Gasteiger partial charge in [0, 0.05) is 0 Å². The zero-order valence-electron chi connectivity index (χ0n) is 12.4. The average Bonchev–Trinajstić information content (AvgIpc) is 2.65. The van der Waals surface area contributed by atoms with Crippen LogP contribution in [0.15, 0.2) is 0 Å². The molecule has 1 aliphatic carbocycles. The molecule has 3 nitrogen and oxygen atoms in total. The molecular weight excluding hydrogens is 406 g/mol. The van der Waals surface area contributed by atoms with E-state index in [-0.39, 0.29) is 35.7 Å². The van der Waals surface area contributed by atoms with Crippen molar-refractivity contribution in [2.75, 3.05) is 13.1 Å². The van der Waals surface area contributed by atoms with E-state index in [0.29, 0.717) is 5.41 Å². The second-order valence-corrected chi connectivity index (χ2v) is 9.52. The summed E-state index contributed by atoms with van der Waals surface area (Å²) in [6.07, 6.45) is 6.45. The van der Waals surface area contributed by atoms with E-state index in [9.17, 15) is 4.79 Å². The summed E-state index contributed by atoms with van der Waals surface area (Å²) in [5, 5.41) is 0. The van der Waals surface area contributed by atoms with Crippen LogP contribution in [-0.2, 0) is 23.0 Å². The molecule has 1 aliphatic heterocycles. The predicted octanol–water partition coefficient (Wildman–Crippen LogP) is 0.527. The number of amides is 1. The average molecular weight is 431 g/mol. The minimum absolute atomic E-state index is 0. The molecule has 0 aromatic heterocycles. The summed E-state index contributed by atoms with van der Waals surface area (Å²) < 4.78 is 6.46. The van der Waals surface area contributed by atoms with Gasteiger partial charge in [0.1, 0.15) is 0 Å². The van der Waals surface area contributed by atoms with Crippen LogP contribution in [0.2, 0.25) is 4.51 Å². The Bertz CT molecular complexity index is 322. The Kier molecular flexibility index (Phi) is 6.13. The molecule has 0 atom stereocenters. The van der Waals surface area contributed by atoms with Gasteiger partial charge in [0.25, 0.3) is 0 Å². The zero-order chi connectivity index (χ0) is 13.4. The first-order valence-electron chi connectivity index (χ1n) is 7.11. The number of hydrogen-bond acceptors (Lipinski definition) is 2. The second-order valence-electron chi connectivity index (χ2n) is 7.10. The minimum atomic E-state index is -0.376. The summed E-state index contributed by atoms with van der Waals surface area (Å²) in [4.78, 5) is 14.0. The molecule has 1 heterocycles. The fourth-order valence-electron chi connectivity index (χ4n) is 3.12. The first-order valence-corrected chi connectivity index (χ1v) is 8.82. The molecule has 106 valence electrons. The Balaban J connectivity index is 0.00000180. The maximum absolute atomic E-state index is 12.1. The van der Waals surface area contributed by atoms with E-state index in [0.717, 1.165) is 17.6 Å². The van der Waals surface area contributed by atoms with E-state index in [1.807, 2.05) is 25.7 Å². The van der Waals surface area contributed by atoms with Gasteiger partial charge in [0.15, 0.2) is 0 Å². The van der Waals surface area contributed by atoms with Crippen molar-refractivity contribution in [2.24, 2.45) is 5.41 Å². The molecule has 2 fully saturated rings. The summed E-state index contributed by atoms with van der Waals surface area (Å²) in [5.74, 6) is 0. The molecule has 0 aromatic rings. The van der Waals surface area contributed by atoms with E-state index in [4.69, 9.17) is 4.74 Å². The Hall–Kier alpha value is 0.623. The van der Waals surface area contributed by atoms with Crippen LogP contribution in [0.25, 0.3) is 0 Å². The largest absolute Gasteiger partial charge is 1.00 e. The van der Waals surface area contributed by atoms with Crippen LogP contribution in [0.3, 0.4) is 0 Å². The second kappa shape index (κ2) is 6.59. The summed E-state index contributed by atoms with van der Waals surface area (Å²) in [5.41, 5.74) is 0.0501. The van der Waals surface area contributed by atoms with Gasteiger partial charge in [-0.3, -0.25) is 0 Å².